The van der Waals surface area contributed by atoms with Crippen LogP contribution in [-0.2, 0) is 5.54 Å². The van der Waals surface area contributed by atoms with Crippen LogP contribution >= 0.6 is 0 Å². The van der Waals surface area contributed by atoms with Gasteiger partial charge in [-0.05, 0) is 58.0 Å². The van der Waals surface area contributed by atoms with Gasteiger partial charge < -0.3 is 19.5 Å². The van der Waals surface area contributed by atoms with E-state index in [0.29, 0.717) is 5.56 Å². The van der Waals surface area contributed by atoms with Crippen molar-refractivity contribution in [2.45, 2.75) is 33.2 Å². The van der Waals surface area contributed by atoms with Crippen molar-refractivity contribution in [1.82, 2.24) is 9.99 Å². The fraction of sp³-hybridized carbons (Fsp3) is 0.273. The maximum atomic E-state index is 14.1. The predicted molar refractivity (Wildman–Crippen MR) is 161 cm³/mol. The number of carbonyl (C=O) groups excluding carboxylic acids is 1. The van der Waals surface area contributed by atoms with Crippen LogP contribution in [0.25, 0.3) is 0 Å². The number of hydrogen-bond donors (Lipinski definition) is 1. The normalized spacial score (nSPS) is 14.7. The lowest BCUT2D eigenvalue weighted by molar-refractivity contribution is 0.0675. The van der Waals surface area contributed by atoms with E-state index < -0.39 is 5.54 Å². The van der Waals surface area contributed by atoms with Gasteiger partial charge in [0.05, 0.1) is 11.9 Å². The van der Waals surface area contributed by atoms with Crippen molar-refractivity contribution in [3.05, 3.63) is 107 Å². The van der Waals surface area contributed by atoms with E-state index in [-0.39, 0.29) is 5.91 Å². The minimum atomic E-state index is -0.983. The first-order valence-corrected chi connectivity index (χ1v) is 14.1. The molecular weight excluding hydrogens is 498 g/mol. The first kappa shape index (κ1) is 25.7. The first-order valence-electron chi connectivity index (χ1n) is 14.1. The van der Waals surface area contributed by atoms with Crippen LogP contribution in [0.2, 0.25) is 0 Å². The molecule has 0 fully saturated rings. The maximum absolute atomic E-state index is 14.1. The van der Waals surface area contributed by atoms with Crippen molar-refractivity contribution in [3.8, 4) is 11.5 Å². The molecule has 3 aromatic carbocycles. The Morgan fingerprint density at radius 3 is 1.95 bits per heavy atom. The summed E-state index contributed by atoms with van der Waals surface area (Å²) in [6.07, 6.45) is 3.56. The second-order valence-electron chi connectivity index (χ2n) is 10.1. The van der Waals surface area contributed by atoms with Gasteiger partial charge >= 0.3 is 0 Å². The number of aromatic amines is 1. The molecule has 3 heterocycles. The average molecular weight is 534 g/mol. The zero-order valence-corrected chi connectivity index (χ0v) is 23.5. The molecule has 40 heavy (non-hydrogen) atoms. The highest BCUT2D eigenvalue weighted by molar-refractivity contribution is 6.02. The highest BCUT2D eigenvalue weighted by Crippen LogP contribution is 2.58. The smallest absolute Gasteiger partial charge is 0.275 e. The van der Waals surface area contributed by atoms with Gasteiger partial charge in [0.25, 0.3) is 5.91 Å². The second kappa shape index (κ2) is 10.2. The molecule has 7 heteroatoms. The van der Waals surface area contributed by atoms with Gasteiger partial charge in [-0.15, -0.1) is 0 Å². The summed E-state index contributed by atoms with van der Waals surface area (Å²) in [6.45, 7) is 12.2. The molecular formula is C33H35N5O2. The zero-order valence-electron chi connectivity index (χ0n) is 23.5. The molecule has 0 aliphatic carbocycles. The number of nitrogens with one attached hydrogen (secondary N) is 1. The van der Waals surface area contributed by atoms with Crippen LogP contribution < -0.4 is 14.5 Å². The minimum Gasteiger partial charge on any atom is -0.456 e. The maximum Gasteiger partial charge on any atom is 0.275 e. The molecule has 0 saturated carbocycles. The lowest BCUT2D eigenvalue weighted by Gasteiger charge is -2.42. The summed E-state index contributed by atoms with van der Waals surface area (Å²) in [5, 5.41) is 6.51. The molecule has 2 aliphatic rings. The molecule has 0 radical (unpaired) electrons. The van der Waals surface area contributed by atoms with E-state index in [1.54, 1.807) is 11.2 Å². The van der Waals surface area contributed by atoms with Gasteiger partial charge in [0, 0.05) is 78.1 Å². The van der Waals surface area contributed by atoms with Gasteiger partial charge in [-0.2, -0.15) is 5.10 Å². The van der Waals surface area contributed by atoms with E-state index in [2.05, 4.69) is 78.9 Å². The third-order valence-electron chi connectivity index (χ3n) is 8.18. The van der Waals surface area contributed by atoms with Gasteiger partial charge in [-0.25, -0.2) is 5.01 Å². The molecule has 0 saturated heterocycles. The Morgan fingerprint density at radius 1 is 0.800 bits per heavy atom. The first-order chi connectivity index (χ1) is 19.6. The molecule has 2 aliphatic heterocycles. The number of hydrogen-bond acceptors (Lipinski definition) is 5. The standard InChI is InChI=1S/C33H35N5O2/c1-5-36(6-2)24-15-17-28-30(20-24)40-31-21-25(37(7-3)8-4)16-18-29(31)33(28)27-14-10-9-13-26(27)32(39)38(33)35-22-23-12-11-19-34-23/h9-22,34H,5-8H2,1-4H3/b35-22+. The van der Waals surface area contributed by atoms with Crippen molar-refractivity contribution in [2.75, 3.05) is 36.0 Å². The Morgan fingerprint density at radius 2 is 1.40 bits per heavy atom. The van der Waals surface area contributed by atoms with Crippen LogP contribution in [0.4, 0.5) is 11.4 Å². The summed E-state index contributed by atoms with van der Waals surface area (Å²) in [6, 6.07) is 24.4. The topological polar surface area (TPSA) is 64.2 Å². The highest BCUT2D eigenvalue weighted by Gasteiger charge is 2.57. The number of carbonyl (C=O) groups is 1. The zero-order chi connectivity index (χ0) is 27.9. The number of rotatable bonds is 8. The van der Waals surface area contributed by atoms with Crippen molar-refractivity contribution in [2.24, 2.45) is 5.10 Å². The SMILES string of the molecule is CCN(CC)c1ccc2c(c1)Oc1cc(N(CC)CC)ccc1C21c2ccccc2C(=O)N1/N=C/c1ccc[nH]1. The van der Waals surface area contributed by atoms with E-state index >= 15 is 0 Å². The van der Waals surface area contributed by atoms with Crippen LogP contribution in [0.15, 0.2) is 84.1 Å². The lowest BCUT2D eigenvalue weighted by Crippen LogP contribution is -2.44. The quantitative estimate of drug-likeness (QED) is 0.259. The van der Waals surface area contributed by atoms with E-state index in [1.165, 1.54) is 0 Å². The van der Waals surface area contributed by atoms with Crippen LogP contribution in [-0.4, -0.2) is 48.3 Å². The molecule has 4 aromatic rings. The van der Waals surface area contributed by atoms with Crippen molar-refractivity contribution in [3.63, 3.8) is 0 Å². The Balaban J connectivity index is 1.65. The molecule has 0 unspecified atom stereocenters. The fourth-order valence-corrected chi connectivity index (χ4v) is 6.19. The van der Waals surface area contributed by atoms with Gasteiger partial charge in [0.1, 0.15) is 17.0 Å². The number of hydrazone groups is 1. The number of anilines is 2. The third-order valence-corrected chi connectivity index (χ3v) is 8.18. The number of aromatic nitrogens is 1. The second-order valence-corrected chi connectivity index (χ2v) is 10.1. The Kier molecular flexibility index (Phi) is 6.58. The molecule has 1 amide bonds. The minimum absolute atomic E-state index is 0.141. The number of benzene rings is 3. The number of nitrogens with zero attached hydrogens (tertiary/aromatic N) is 4. The number of amides is 1. The van der Waals surface area contributed by atoms with Gasteiger partial charge in [-0.1, -0.05) is 30.3 Å². The Labute approximate surface area is 235 Å². The summed E-state index contributed by atoms with van der Waals surface area (Å²) in [5.74, 6) is 1.33. The van der Waals surface area contributed by atoms with Crippen LogP contribution in [0.3, 0.4) is 0 Å². The molecule has 7 nitrogen and oxygen atoms in total. The van der Waals surface area contributed by atoms with E-state index in [4.69, 9.17) is 9.84 Å². The van der Waals surface area contributed by atoms with Crippen LogP contribution in [0.1, 0.15) is 60.4 Å². The highest BCUT2D eigenvalue weighted by atomic mass is 16.5. The number of ether oxygens (including phenoxy) is 1. The van der Waals surface area contributed by atoms with Crippen LogP contribution in [0.5, 0.6) is 11.5 Å². The molecule has 1 spiro atoms. The lowest BCUT2D eigenvalue weighted by atomic mass is 9.75. The molecule has 6 rings (SSSR count). The number of H-pyrrole nitrogens is 1. The molecule has 1 aromatic heterocycles. The van der Waals surface area contributed by atoms with Gasteiger partial charge in [-0.3, -0.25) is 4.79 Å². The van der Waals surface area contributed by atoms with Gasteiger partial charge in [0.15, 0.2) is 0 Å². The average Bonchev–Trinajstić information content (AvgIpc) is 3.59. The predicted octanol–water partition coefficient (Wildman–Crippen LogP) is 6.59. The molecule has 0 bridgehead atoms. The summed E-state index contributed by atoms with van der Waals surface area (Å²) in [7, 11) is 0. The summed E-state index contributed by atoms with van der Waals surface area (Å²) in [4.78, 5) is 21.9. The van der Waals surface area contributed by atoms with Crippen molar-refractivity contribution < 1.29 is 9.53 Å². The monoisotopic (exact) mass is 533 g/mol. The molecule has 1 N–H and O–H groups in total. The van der Waals surface area contributed by atoms with E-state index in [1.807, 2.05) is 42.6 Å². The van der Waals surface area contributed by atoms with Crippen LogP contribution in [0, 0.1) is 0 Å². The number of fused-ring (bicyclic) bond motifs is 6. The Bertz CT molecular complexity index is 1510. The van der Waals surface area contributed by atoms with Gasteiger partial charge in [0.2, 0.25) is 0 Å². The van der Waals surface area contributed by atoms with Crippen molar-refractivity contribution >= 4 is 23.5 Å². The molecule has 0 atom stereocenters. The largest absolute Gasteiger partial charge is 0.456 e. The fourth-order valence-electron chi connectivity index (χ4n) is 6.19. The van der Waals surface area contributed by atoms with E-state index in [9.17, 15) is 4.79 Å². The third kappa shape index (κ3) is 3.79. The summed E-state index contributed by atoms with van der Waals surface area (Å²) < 4.78 is 6.72. The van der Waals surface area contributed by atoms with E-state index in [0.717, 1.165) is 71.4 Å². The van der Waals surface area contributed by atoms with Crippen molar-refractivity contribution in [1.29, 1.82) is 0 Å². The summed E-state index contributed by atoms with van der Waals surface area (Å²) in [5.41, 5.74) is 5.35. The molecule has 204 valence electrons. The Hall–Kier alpha value is -4.52. The summed E-state index contributed by atoms with van der Waals surface area (Å²) >= 11 is 0.